The molecule has 1 aromatic heterocycles. The summed E-state index contributed by atoms with van der Waals surface area (Å²) in [5, 5.41) is 1.24. The lowest BCUT2D eigenvalue weighted by molar-refractivity contribution is 0.357. The van der Waals surface area contributed by atoms with E-state index in [2.05, 4.69) is 36.2 Å². The summed E-state index contributed by atoms with van der Waals surface area (Å²) in [7, 11) is 9.62. The lowest BCUT2D eigenvalue weighted by atomic mass is 10.3. The van der Waals surface area contributed by atoms with Gasteiger partial charge in [0.15, 0.2) is 15.8 Å². The number of para-hydroxylation sites is 2. The van der Waals surface area contributed by atoms with Crippen LogP contribution in [0.3, 0.4) is 0 Å². The van der Waals surface area contributed by atoms with E-state index < -0.39 is 0 Å². The van der Waals surface area contributed by atoms with Crippen molar-refractivity contribution in [3.63, 3.8) is 0 Å². The molecule has 1 unspecified atom stereocenters. The standard InChI is InChI=1S/C19H21NO2S4Si/c1-13(12-27-17-10-6-8-15(21-2)18(17)22-3)11-23-26-25-19-20-14-7-4-5-9-16(14)24-19/h4-10,13H,11-12H2,1-3H3. The van der Waals surface area contributed by atoms with Crippen LogP contribution in [0.1, 0.15) is 6.92 Å². The van der Waals surface area contributed by atoms with Crippen LogP contribution in [0.2, 0.25) is 6.04 Å². The lowest BCUT2D eigenvalue weighted by Gasteiger charge is -2.14. The van der Waals surface area contributed by atoms with Crippen LogP contribution in [0.5, 0.6) is 11.5 Å². The van der Waals surface area contributed by atoms with Crippen LogP contribution in [0.25, 0.3) is 10.2 Å². The van der Waals surface area contributed by atoms with Gasteiger partial charge in [-0.25, -0.2) is 4.98 Å². The molecule has 0 spiro atoms. The molecule has 2 radical (unpaired) electrons. The van der Waals surface area contributed by atoms with Gasteiger partial charge in [-0.05, 0) is 49.9 Å². The van der Waals surface area contributed by atoms with E-state index in [0.717, 1.165) is 42.7 Å². The number of thiazole rings is 1. The van der Waals surface area contributed by atoms with Gasteiger partial charge in [0.05, 0.1) is 34.0 Å². The van der Waals surface area contributed by atoms with Crippen molar-refractivity contribution in [1.29, 1.82) is 0 Å². The van der Waals surface area contributed by atoms with Crippen LogP contribution < -0.4 is 14.7 Å². The molecule has 0 aliphatic heterocycles. The molecule has 0 saturated heterocycles. The first-order valence-corrected chi connectivity index (χ1v) is 14.2. The summed E-state index contributed by atoms with van der Waals surface area (Å²) in [6, 6.07) is 15.6. The van der Waals surface area contributed by atoms with Gasteiger partial charge in [-0.2, -0.15) is 0 Å². The van der Waals surface area contributed by atoms with Crippen molar-refractivity contribution in [3.8, 4) is 11.5 Å². The van der Waals surface area contributed by atoms with E-state index in [9.17, 15) is 0 Å². The summed E-state index contributed by atoms with van der Waals surface area (Å²) in [6.07, 6.45) is 0. The van der Waals surface area contributed by atoms with Gasteiger partial charge in [0, 0.05) is 5.75 Å². The molecular weight excluding hydrogens is 431 g/mol. The van der Waals surface area contributed by atoms with E-state index in [1.807, 2.05) is 38.8 Å². The van der Waals surface area contributed by atoms with E-state index in [0.29, 0.717) is 5.92 Å². The highest BCUT2D eigenvalue weighted by Crippen LogP contribution is 2.43. The van der Waals surface area contributed by atoms with E-state index in [-0.39, 0.29) is 0 Å². The first-order chi connectivity index (χ1) is 13.2. The lowest BCUT2D eigenvalue weighted by Crippen LogP contribution is -2.19. The summed E-state index contributed by atoms with van der Waals surface area (Å²) >= 11 is 1.76. The SMILES string of the molecule is COc1cccc([Si]CC(C)CSSSc2nc3ccccc3s2)c1OC. The van der Waals surface area contributed by atoms with E-state index >= 15 is 0 Å². The molecule has 0 aliphatic carbocycles. The van der Waals surface area contributed by atoms with Gasteiger partial charge in [-0.3, -0.25) is 0 Å². The number of nitrogens with zero attached hydrogens (tertiary/aromatic N) is 1. The first kappa shape index (κ1) is 20.9. The van der Waals surface area contributed by atoms with Gasteiger partial charge >= 0.3 is 0 Å². The zero-order valence-corrected chi connectivity index (χ0v) is 19.7. The zero-order chi connectivity index (χ0) is 19.1. The van der Waals surface area contributed by atoms with Crippen molar-refractivity contribution in [2.45, 2.75) is 17.3 Å². The largest absolute Gasteiger partial charge is 0.493 e. The third-order valence-electron chi connectivity index (χ3n) is 3.82. The predicted octanol–water partition coefficient (Wildman–Crippen LogP) is 5.79. The second-order valence-corrected chi connectivity index (χ2v) is 12.6. The summed E-state index contributed by atoms with van der Waals surface area (Å²) in [5.41, 5.74) is 1.09. The Kier molecular flexibility index (Phi) is 8.26. The number of hydrogen-bond donors (Lipinski definition) is 0. The van der Waals surface area contributed by atoms with Gasteiger partial charge in [0.25, 0.3) is 0 Å². The van der Waals surface area contributed by atoms with Gasteiger partial charge < -0.3 is 9.47 Å². The number of ether oxygens (including phenoxy) is 2. The maximum Gasteiger partial charge on any atom is 0.162 e. The number of benzene rings is 2. The van der Waals surface area contributed by atoms with Crippen LogP contribution in [-0.4, -0.2) is 34.5 Å². The number of fused-ring (bicyclic) bond motifs is 1. The Morgan fingerprint density at radius 3 is 2.74 bits per heavy atom. The Balaban J connectivity index is 1.41. The molecule has 8 heteroatoms. The number of rotatable bonds is 10. The molecule has 0 aliphatic rings. The average Bonchev–Trinajstić information content (AvgIpc) is 3.12. The summed E-state index contributed by atoms with van der Waals surface area (Å²) < 4.78 is 13.3. The Morgan fingerprint density at radius 1 is 1.11 bits per heavy atom. The Morgan fingerprint density at radius 2 is 1.96 bits per heavy atom. The molecule has 3 aromatic rings. The second-order valence-electron chi connectivity index (χ2n) is 5.91. The first-order valence-electron chi connectivity index (χ1n) is 8.48. The molecule has 2 aromatic carbocycles. The molecule has 142 valence electrons. The fourth-order valence-corrected chi connectivity index (χ4v) is 9.53. The van der Waals surface area contributed by atoms with Crippen molar-refractivity contribution in [1.82, 2.24) is 4.98 Å². The molecule has 27 heavy (non-hydrogen) atoms. The van der Waals surface area contributed by atoms with Crippen molar-refractivity contribution in [3.05, 3.63) is 42.5 Å². The quantitative estimate of drug-likeness (QED) is 0.220. The topological polar surface area (TPSA) is 31.4 Å². The third-order valence-corrected chi connectivity index (χ3v) is 11.1. The maximum atomic E-state index is 5.54. The smallest absolute Gasteiger partial charge is 0.162 e. The highest BCUT2D eigenvalue weighted by Gasteiger charge is 2.12. The van der Waals surface area contributed by atoms with E-state index in [4.69, 9.17) is 9.47 Å². The normalized spacial score (nSPS) is 12.3. The minimum atomic E-state index is 0.646. The Hall–Kier alpha value is -0.803. The van der Waals surface area contributed by atoms with Gasteiger partial charge in [-0.15, -0.1) is 11.3 Å². The van der Waals surface area contributed by atoms with Gasteiger partial charge in [0.2, 0.25) is 0 Å². The number of aromatic nitrogens is 1. The molecule has 1 heterocycles. The van der Waals surface area contributed by atoms with Crippen LogP contribution in [0.15, 0.2) is 46.8 Å². The van der Waals surface area contributed by atoms with Crippen molar-refractivity contribution in [2.24, 2.45) is 5.92 Å². The van der Waals surface area contributed by atoms with Crippen LogP contribution in [0, 0.1) is 5.92 Å². The molecule has 0 saturated carbocycles. The van der Waals surface area contributed by atoms with E-state index in [1.165, 1.54) is 9.89 Å². The van der Waals surface area contributed by atoms with Gasteiger partial charge in [0.1, 0.15) is 0 Å². The molecule has 3 nitrogen and oxygen atoms in total. The average molecular weight is 452 g/mol. The molecule has 0 N–H and O–H groups in total. The monoisotopic (exact) mass is 451 g/mol. The maximum absolute atomic E-state index is 5.54. The number of hydrogen-bond acceptors (Lipinski definition) is 7. The minimum Gasteiger partial charge on any atom is -0.493 e. The second kappa shape index (κ2) is 10.7. The van der Waals surface area contributed by atoms with Crippen molar-refractivity contribution < 1.29 is 9.47 Å². The Labute approximate surface area is 178 Å². The fourth-order valence-electron chi connectivity index (χ4n) is 2.45. The minimum absolute atomic E-state index is 0.646. The fraction of sp³-hybridized carbons (Fsp3) is 0.316. The molecule has 0 fully saturated rings. The number of methoxy groups -OCH3 is 2. The summed E-state index contributed by atoms with van der Waals surface area (Å²) in [6.45, 7) is 2.32. The molecule has 3 rings (SSSR count). The summed E-state index contributed by atoms with van der Waals surface area (Å²) in [4.78, 5) is 4.66. The van der Waals surface area contributed by atoms with Crippen LogP contribution in [-0.2, 0) is 0 Å². The Bertz CT molecular complexity index is 841. The summed E-state index contributed by atoms with van der Waals surface area (Å²) in [5.74, 6) is 3.46. The highest BCUT2D eigenvalue weighted by atomic mass is 33.5. The highest BCUT2D eigenvalue weighted by molar-refractivity contribution is 9.09. The van der Waals surface area contributed by atoms with Crippen LogP contribution in [0.4, 0.5) is 0 Å². The third kappa shape index (κ3) is 5.84. The van der Waals surface area contributed by atoms with E-state index in [1.54, 1.807) is 36.4 Å². The molecule has 1 atom stereocenters. The van der Waals surface area contributed by atoms with Crippen molar-refractivity contribution >= 4 is 67.7 Å². The van der Waals surface area contributed by atoms with Crippen LogP contribution >= 0.6 is 42.8 Å². The van der Waals surface area contributed by atoms with Gasteiger partial charge in [-0.1, -0.05) is 48.0 Å². The van der Waals surface area contributed by atoms with Crippen molar-refractivity contribution in [2.75, 3.05) is 20.0 Å². The zero-order valence-electron chi connectivity index (χ0n) is 15.4. The predicted molar refractivity (Wildman–Crippen MR) is 124 cm³/mol. The molecular formula is C19H21NO2S4Si. The molecule has 0 bridgehead atoms. The molecule has 0 amide bonds.